The Morgan fingerprint density at radius 1 is 0.467 bits per heavy atom. The van der Waals surface area contributed by atoms with Crippen molar-refractivity contribution in [2.24, 2.45) is 0 Å². The Morgan fingerprint density at radius 3 is 1.27 bits per heavy atom. The molecule has 1 aliphatic heterocycles. The molecule has 0 aromatic heterocycles. The Hall–Kier alpha value is -3.67. The Kier molecular flexibility index (Phi) is 49.7. The van der Waals surface area contributed by atoms with E-state index in [1.807, 2.05) is 6.08 Å². The van der Waals surface area contributed by atoms with Crippen LogP contribution in [0.5, 0.6) is 0 Å². The van der Waals surface area contributed by atoms with Crippen molar-refractivity contribution in [1.29, 1.82) is 0 Å². The first-order valence-corrected chi connectivity index (χ1v) is 29.9. The van der Waals surface area contributed by atoms with E-state index in [0.29, 0.717) is 6.42 Å². The third kappa shape index (κ3) is 43.1. The van der Waals surface area contributed by atoms with Crippen LogP contribution in [0.2, 0.25) is 0 Å². The molecule has 75 heavy (non-hydrogen) atoms. The van der Waals surface area contributed by atoms with Crippen molar-refractivity contribution in [2.75, 3.05) is 13.2 Å². The van der Waals surface area contributed by atoms with Crippen molar-refractivity contribution < 1.29 is 39.8 Å². The summed E-state index contributed by atoms with van der Waals surface area (Å²) in [6.45, 7) is 3.55. The molecule has 0 aliphatic carbocycles. The Balaban J connectivity index is 2.08. The largest absolute Gasteiger partial charge is 0.394 e. The normalized spacial score (nSPS) is 19.9. The second-order valence-corrected chi connectivity index (χ2v) is 20.0. The van der Waals surface area contributed by atoms with E-state index in [2.05, 4.69) is 141 Å². The summed E-state index contributed by atoms with van der Waals surface area (Å²) in [5.41, 5.74) is 0. The van der Waals surface area contributed by atoms with Gasteiger partial charge in [-0.15, -0.1) is 0 Å². The molecule has 0 aromatic rings. The fourth-order valence-electron chi connectivity index (χ4n) is 8.51. The number of amides is 1. The molecular weight excluding hydrogens is 935 g/mol. The lowest BCUT2D eigenvalue weighted by molar-refractivity contribution is -0.302. The molecule has 0 radical (unpaired) electrons. The van der Waals surface area contributed by atoms with Gasteiger partial charge in [-0.25, -0.2) is 0 Å². The van der Waals surface area contributed by atoms with Crippen molar-refractivity contribution in [1.82, 2.24) is 5.32 Å². The standard InChI is InChI=1S/C66H109NO8/c1-3-5-7-9-11-13-15-16-17-18-19-20-21-22-23-24-25-26-27-28-29-30-31-32-33-34-35-36-37-38-39-40-41-42-43-44-46-48-50-52-54-56-62(70)67-59(58-74-66-65(73)64(72)63(71)61(57-68)75-66)60(69)55-53-51-49-47-45-14-12-10-8-6-4-2/h5,7-8,10-11,13,16-17,19-20,22-23,25-26,28-29,31-32,45,47,53,55,59-61,63-66,68-69,71-73H,3-4,6,9,12,14-15,18,21,24,27,30,33-44,46,48-52,54,56-58H2,1-2H3,(H,67,70)/b7-5-,10-8+,13-11-,17-16-,20-19-,23-22-,26-25-,29-28-,32-31-,47-45+,55-53+. The zero-order valence-corrected chi connectivity index (χ0v) is 47.2. The highest BCUT2D eigenvalue weighted by Crippen LogP contribution is 2.23. The number of hydrogen-bond donors (Lipinski definition) is 6. The van der Waals surface area contributed by atoms with Gasteiger partial charge in [-0.2, -0.15) is 0 Å². The number of carbonyl (C=O) groups excluding carboxylic acids is 1. The summed E-state index contributed by atoms with van der Waals surface area (Å²) in [5.74, 6) is -0.197. The SMILES string of the molecule is CC/C=C\C/C=C\C/C=C\C/C=C\C/C=C\C/C=C\C/C=C\C/C=C\CCCCCCCCCCCCCCCCCCC(=O)NC(COC1OC(CO)C(O)C(O)C1O)C(O)/C=C/CC/C=C/CC/C=C/CCC. The van der Waals surface area contributed by atoms with E-state index < -0.39 is 49.5 Å². The van der Waals surface area contributed by atoms with Crippen molar-refractivity contribution in [3.63, 3.8) is 0 Å². The molecule has 7 unspecified atom stereocenters. The van der Waals surface area contributed by atoms with Gasteiger partial charge >= 0.3 is 0 Å². The number of aliphatic hydroxyl groups excluding tert-OH is 5. The average Bonchev–Trinajstić information content (AvgIpc) is 3.41. The molecule has 1 saturated heterocycles. The zero-order valence-electron chi connectivity index (χ0n) is 47.2. The fraction of sp³-hybridized carbons (Fsp3) is 0.652. The maximum atomic E-state index is 13.0. The number of hydrogen-bond acceptors (Lipinski definition) is 8. The first-order chi connectivity index (χ1) is 36.8. The predicted octanol–water partition coefficient (Wildman–Crippen LogP) is 15.3. The van der Waals surface area contributed by atoms with Gasteiger partial charge in [0.25, 0.3) is 0 Å². The predicted molar refractivity (Wildman–Crippen MR) is 317 cm³/mol. The minimum atomic E-state index is -1.58. The van der Waals surface area contributed by atoms with Crippen LogP contribution in [0.25, 0.3) is 0 Å². The lowest BCUT2D eigenvalue weighted by Gasteiger charge is -2.40. The highest BCUT2D eigenvalue weighted by atomic mass is 16.7. The molecule has 0 saturated carbocycles. The van der Waals surface area contributed by atoms with Crippen LogP contribution in [-0.4, -0.2) is 87.5 Å². The van der Waals surface area contributed by atoms with Gasteiger partial charge in [-0.05, 0) is 103 Å². The van der Waals surface area contributed by atoms with Gasteiger partial charge in [0.2, 0.25) is 5.91 Å². The molecule has 0 bridgehead atoms. The molecule has 1 rings (SSSR count). The molecule has 7 atom stereocenters. The second-order valence-electron chi connectivity index (χ2n) is 20.0. The first-order valence-electron chi connectivity index (χ1n) is 29.9. The maximum absolute atomic E-state index is 13.0. The van der Waals surface area contributed by atoms with E-state index in [1.54, 1.807) is 6.08 Å². The highest BCUT2D eigenvalue weighted by Gasteiger charge is 2.44. The quantitative estimate of drug-likeness (QED) is 0.0261. The van der Waals surface area contributed by atoms with Crippen LogP contribution in [0.3, 0.4) is 0 Å². The molecule has 9 heteroatoms. The third-order valence-electron chi connectivity index (χ3n) is 13.2. The average molecular weight is 1040 g/mol. The lowest BCUT2D eigenvalue weighted by atomic mass is 9.99. The van der Waals surface area contributed by atoms with Gasteiger partial charge in [0.15, 0.2) is 6.29 Å². The summed E-state index contributed by atoms with van der Waals surface area (Å²) in [4.78, 5) is 13.0. The van der Waals surface area contributed by atoms with Crippen molar-refractivity contribution in [3.8, 4) is 0 Å². The van der Waals surface area contributed by atoms with Crippen LogP contribution >= 0.6 is 0 Å². The summed E-state index contributed by atoms with van der Waals surface area (Å²) >= 11 is 0. The van der Waals surface area contributed by atoms with Crippen LogP contribution in [0.15, 0.2) is 134 Å². The number of unbranched alkanes of at least 4 members (excludes halogenated alkanes) is 19. The van der Waals surface area contributed by atoms with Gasteiger partial charge in [0, 0.05) is 6.42 Å². The molecule has 426 valence electrons. The molecule has 0 spiro atoms. The summed E-state index contributed by atoms with van der Waals surface area (Å²) < 4.78 is 11.2. The van der Waals surface area contributed by atoms with E-state index in [9.17, 15) is 30.3 Å². The van der Waals surface area contributed by atoms with Gasteiger partial charge < -0.3 is 40.3 Å². The molecule has 1 heterocycles. The van der Waals surface area contributed by atoms with Gasteiger partial charge in [-0.1, -0.05) is 244 Å². The van der Waals surface area contributed by atoms with E-state index in [0.717, 1.165) is 109 Å². The van der Waals surface area contributed by atoms with Gasteiger partial charge in [-0.3, -0.25) is 4.79 Å². The fourth-order valence-corrected chi connectivity index (χ4v) is 8.51. The van der Waals surface area contributed by atoms with Gasteiger partial charge in [0.05, 0.1) is 25.4 Å². The molecule has 9 nitrogen and oxygen atoms in total. The van der Waals surface area contributed by atoms with E-state index in [1.165, 1.54) is 89.9 Å². The summed E-state index contributed by atoms with van der Waals surface area (Å²) in [6, 6.07) is -0.833. The number of rotatable bonds is 49. The second kappa shape index (κ2) is 53.7. The Labute approximate surface area is 458 Å². The summed E-state index contributed by atoms with van der Waals surface area (Å²) in [7, 11) is 0. The van der Waals surface area contributed by atoms with E-state index >= 15 is 0 Å². The topological polar surface area (TPSA) is 149 Å². The Morgan fingerprint density at radius 2 is 0.840 bits per heavy atom. The third-order valence-corrected chi connectivity index (χ3v) is 13.2. The number of carbonyl (C=O) groups is 1. The van der Waals surface area contributed by atoms with Crippen molar-refractivity contribution in [2.45, 2.75) is 262 Å². The lowest BCUT2D eigenvalue weighted by Crippen LogP contribution is -2.60. The summed E-state index contributed by atoms with van der Waals surface area (Å²) in [6.07, 6.45) is 75.5. The number of allylic oxidation sites excluding steroid dienone is 21. The van der Waals surface area contributed by atoms with Crippen molar-refractivity contribution in [3.05, 3.63) is 134 Å². The smallest absolute Gasteiger partial charge is 0.220 e. The van der Waals surface area contributed by atoms with Crippen LogP contribution in [-0.2, 0) is 14.3 Å². The van der Waals surface area contributed by atoms with Crippen molar-refractivity contribution >= 4 is 5.91 Å². The van der Waals surface area contributed by atoms with Crippen LogP contribution in [0, 0.1) is 0 Å². The molecular formula is C66H109NO8. The number of aliphatic hydroxyl groups is 5. The van der Waals surface area contributed by atoms with E-state index in [4.69, 9.17) is 9.47 Å². The van der Waals surface area contributed by atoms with Crippen LogP contribution in [0.4, 0.5) is 0 Å². The van der Waals surface area contributed by atoms with Crippen LogP contribution in [0.1, 0.15) is 219 Å². The van der Waals surface area contributed by atoms with Crippen LogP contribution < -0.4 is 5.32 Å². The Bertz CT molecular complexity index is 1640. The minimum absolute atomic E-state index is 0.197. The maximum Gasteiger partial charge on any atom is 0.220 e. The number of ether oxygens (including phenoxy) is 2. The first kappa shape index (κ1) is 69.3. The summed E-state index contributed by atoms with van der Waals surface area (Å²) in [5, 5.41) is 54.3. The molecule has 1 amide bonds. The molecule has 0 aromatic carbocycles. The highest BCUT2D eigenvalue weighted by molar-refractivity contribution is 5.76. The molecule has 1 aliphatic rings. The zero-order chi connectivity index (χ0) is 54.3. The molecule has 6 N–H and O–H groups in total. The molecule has 1 fully saturated rings. The number of nitrogens with one attached hydrogen (secondary N) is 1. The van der Waals surface area contributed by atoms with Gasteiger partial charge in [0.1, 0.15) is 24.4 Å². The monoisotopic (exact) mass is 1040 g/mol. The minimum Gasteiger partial charge on any atom is -0.394 e. The van der Waals surface area contributed by atoms with E-state index in [-0.39, 0.29) is 12.5 Å².